The molecule has 2 aliphatic heterocycles. The van der Waals surface area contributed by atoms with Crippen LogP contribution in [0.3, 0.4) is 0 Å². The van der Waals surface area contributed by atoms with E-state index in [0.717, 1.165) is 5.56 Å². The molecule has 3 aromatic carbocycles. The fourth-order valence-electron chi connectivity index (χ4n) is 3.48. The lowest BCUT2D eigenvalue weighted by atomic mass is 10.1. The second-order valence-corrected chi connectivity index (χ2v) is 7.12. The van der Waals surface area contributed by atoms with Gasteiger partial charge in [-0.05, 0) is 48.0 Å². The molecule has 0 fully saturated rings. The van der Waals surface area contributed by atoms with E-state index in [2.05, 4.69) is 10.6 Å². The van der Waals surface area contributed by atoms with Crippen molar-refractivity contribution in [2.75, 3.05) is 17.4 Å². The Hall–Kier alpha value is -4.07. The smallest absolute Gasteiger partial charge is 0.265 e. The number of amides is 2. The molecule has 0 bridgehead atoms. The number of rotatable bonds is 4. The first-order chi connectivity index (χ1) is 15.1. The van der Waals surface area contributed by atoms with Gasteiger partial charge in [0.1, 0.15) is 11.6 Å². The third-order valence-electron chi connectivity index (χ3n) is 5.06. The van der Waals surface area contributed by atoms with Crippen molar-refractivity contribution in [2.45, 2.75) is 12.5 Å². The summed E-state index contributed by atoms with van der Waals surface area (Å²) < 4.78 is 30.4. The highest BCUT2D eigenvalue weighted by Crippen LogP contribution is 2.33. The van der Waals surface area contributed by atoms with Gasteiger partial charge in [0, 0.05) is 17.7 Å². The van der Waals surface area contributed by atoms with Gasteiger partial charge < -0.3 is 24.8 Å². The molecule has 1 unspecified atom stereocenters. The third-order valence-corrected chi connectivity index (χ3v) is 5.06. The van der Waals surface area contributed by atoms with Crippen LogP contribution in [0.5, 0.6) is 17.2 Å². The fraction of sp³-hybridized carbons (Fsp3) is 0.130. The molecule has 2 N–H and O–H groups in total. The maximum Gasteiger partial charge on any atom is 0.265 e. The van der Waals surface area contributed by atoms with Crippen LogP contribution in [0.25, 0.3) is 0 Å². The number of para-hydroxylation sites is 1. The van der Waals surface area contributed by atoms with Gasteiger partial charge in [-0.3, -0.25) is 9.59 Å². The molecular weight excluding hydrogens is 403 g/mol. The molecule has 0 radical (unpaired) electrons. The number of benzene rings is 3. The van der Waals surface area contributed by atoms with Crippen molar-refractivity contribution < 1.29 is 28.2 Å². The van der Waals surface area contributed by atoms with Crippen LogP contribution in [0, 0.1) is 5.82 Å². The molecule has 2 heterocycles. The van der Waals surface area contributed by atoms with Crippen molar-refractivity contribution in [1.29, 1.82) is 0 Å². The van der Waals surface area contributed by atoms with Crippen LogP contribution >= 0.6 is 0 Å². The topological polar surface area (TPSA) is 85.9 Å². The number of nitrogens with one attached hydrogen (secondary N) is 2. The third kappa shape index (κ3) is 3.75. The van der Waals surface area contributed by atoms with Crippen LogP contribution < -0.4 is 24.8 Å². The molecule has 2 aliphatic rings. The van der Waals surface area contributed by atoms with Crippen molar-refractivity contribution in [1.82, 2.24) is 0 Å². The van der Waals surface area contributed by atoms with E-state index in [-0.39, 0.29) is 12.5 Å². The summed E-state index contributed by atoms with van der Waals surface area (Å²) in [5, 5.41) is 5.24. The van der Waals surface area contributed by atoms with Crippen molar-refractivity contribution in [2.24, 2.45) is 0 Å². The minimum atomic E-state index is -0.747. The van der Waals surface area contributed by atoms with E-state index in [4.69, 9.17) is 14.2 Å². The quantitative estimate of drug-likeness (QED) is 0.672. The van der Waals surface area contributed by atoms with E-state index in [1.807, 2.05) is 18.2 Å². The van der Waals surface area contributed by atoms with E-state index >= 15 is 0 Å². The van der Waals surface area contributed by atoms with E-state index < -0.39 is 23.7 Å². The molecule has 7 nitrogen and oxygen atoms in total. The summed E-state index contributed by atoms with van der Waals surface area (Å²) in [6.07, 6.45) is -0.340. The molecule has 0 aromatic heterocycles. The fourth-order valence-corrected chi connectivity index (χ4v) is 3.48. The Labute approximate surface area is 176 Å². The molecule has 0 spiro atoms. The first kappa shape index (κ1) is 18.9. The lowest BCUT2D eigenvalue weighted by Gasteiger charge is -2.13. The Kier molecular flexibility index (Phi) is 4.66. The molecule has 8 heteroatoms. The van der Waals surface area contributed by atoms with Gasteiger partial charge in [-0.25, -0.2) is 4.39 Å². The average Bonchev–Trinajstić information content (AvgIpc) is 3.42. The van der Waals surface area contributed by atoms with Gasteiger partial charge in [-0.1, -0.05) is 18.2 Å². The van der Waals surface area contributed by atoms with Gasteiger partial charge in [0.15, 0.2) is 17.6 Å². The molecule has 31 heavy (non-hydrogen) atoms. The minimum Gasteiger partial charge on any atom is -0.480 e. The van der Waals surface area contributed by atoms with Gasteiger partial charge in [-0.15, -0.1) is 0 Å². The number of halogens is 1. The van der Waals surface area contributed by atoms with Crippen molar-refractivity contribution in [3.8, 4) is 17.2 Å². The van der Waals surface area contributed by atoms with Gasteiger partial charge in [-0.2, -0.15) is 0 Å². The number of fused-ring (bicyclic) bond motifs is 2. The lowest BCUT2D eigenvalue weighted by molar-refractivity contribution is -0.122. The summed E-state index contributed by atoms with van der Waals surface area (Å²) in [6, 6.07) is 16.1. The second kappa shape index (κ2) is 7.64. The van der Waals surface area contributed by atoms with Crippen LogP contribution in [0.1, 0.15) is 15.9 Å². The number of carbonyl (C=O) groups is 2. The van der Waals surface area contributed by atoms with E-state index in [0.29, 0.717) is 34.9 Å². The van der Waals surface area contributed by atoms with E-state index in [1.165, 1.54) is 18.2 Å². The number of hydrogen-bond donors (Lipinski definition) is 2. The van der Waals surface area contributed by atoms with Gasteiger partial charge >= 0.3 is 0 Å². The molecule has 1 atom stereocenters. The highest BCUT2D eigenvalue weighted by molar-refractivity contribution is 6.05. The molecule has 0 saturated heterocycles. The zero-order valence-corrected chi connectivity index (χ0v) is 16.2. The zero-order valence-electron chi connectivity index (χ0n) is 16.2. The van der Waals surface area contributed by atoms with Crippen LogP contribution in [0.2, 0.25) is 0 Å². The summed E-state index contributed by atoms with van der Waals surface area (Å²) >= 11 is 0. The molecule has 156 valence electrons. The Balaban J connectivity index is 1.28. The van der Waals surface area contributed by atoms with E-state index in [9.17, 15) is 14.0 Å². The number of anilines is 2. The zero-order chi connectivity index (χ0) is 21.4. The molecule has 2 amide bonds. The summed E-state index contributed by atoms with van der Waals surface area (Å²) in [6.45, 7) is 0.108. The minimum absolute atomic E-state index is 0.0481. The molecular formula is C23H17FN2O5. The number of carbonyl (C=O) groups excluding carboxylic acids is 2. The Bertz CT molecular complexity index is 1170. The van der Waals surface area contributed by atoms with Gasteiger partial charge in [0.2, 0.25) is 6.79 Å². The average molecular weight is 420 g/mol. The van der Waals surface area contributed by atoms with Crippen molar-refractivity contribution in [3.05, 3.63) is 77.6 Å². The second-order valence-electron chi connectivity index (χ2n) is 7.12. The standard InChI is InChI=1S/C23H17FN2O5/c24-16-7-6-15(25-22(27)14-5-8-19-20(10-14)30-12-29-19)11-17(16)26-23(28)21-9-13-3-1-2-4-18(13)31-21/h1-8,10-11,21H,9,12H2,(H,25,27)(H,26,28). The first-order valence-corrected chi connectivity index (χ1v) is 9.63. The van der Waals surface area contributed by atoms with Gasteiger partial charge in [0.25, 0.3) is 11.8 Å². The number of ether oxygens (including phenoxy) is 3. The highest BCUT2D eigenvalue weighted by atomic mass is 19.1. The SMILES string of the molecule is O=C(Nc1ccc(F)c(NC(=O)C2Cc3ccccc3O2)c1)c1ccc2c(c1)OCO2. The monoisotopic (exact) mass is 420 g/mol. The van der Waals surface area contributed by atoms with Crippen molar-refractivity contribution >= 4 is 23.2 Å². The first-order valence-electron chi connectivity index (χ1n) is 9.63. The van der Waals surface area contributed by atoms with Crippen molar-refractivity contribution in [3.63, 3.8) is 0 Å². The number of hydrogen-bond acceptors (Lipinski definition) is 5. The van der Waals surface area contributed by atoms with Gasteiger partial charge in [0.05, 0.1) is 5.69 Å². The Morgan fingerprint density at radius 3 is 2.61 bits per heavy atom. The maximum atomic E-state index is 14.3. The summed E-state index contributed by atoms with van der Waals surface area (Å²) in [7, 11) is 0. The normalized spacial score (nSPS) is 15.7. The van der Waals surface area contributed by atoms with Crippen LogP contribution in [0.15, 0.2) is 60.7 Å². The predicted octanol–water partition coefficient (Wildman–Crippen LogP) is 3.75. The predicted molar refractivity (Wildman–Crippen MR) is 110 cm³/mol. The Morgan fingerprint density at radius 2 is 1.74 bits per heavy atom. The summed E-state index contributed by atoms with van der Waals surface area (Å²) in [4.78, 5) is 25.1. The molecule has 0 aliphatic carbocycles. The molecule has 5 rings (SSSR count). The van der Waals surface area contributed by atoms with E-state index in [1.54, 1.807) is 24.3 Å². The molecule has 0 saturated carbocycles. The largest absolute Gasteiger partial charge is 0.480 e. The lowest BCUT2D eigenvalue weighted by Crippen LogP contribution is -2.31. The summed E-state index contributed by atoms with van der Waals surface area (Å²) in [5.74, 6) is 0.209. The maximum absolute atomic E-state index is 14.3. The molecule has 3 aromatic rings. The van der Waals surface area contributed by atoms with Crippen LogP contribution in [-0.2, 0) is 11.2 Å². The summed E-state index contributed by atoms with van der Waals surface area (Å²) in [5.41, 5.74) is 1.56. The van der Waals surface area contributed by atoms with Crippen LogP contribution in [0.4, 0.5) is 15.8 Å². The van der Waals surface area contributed by atoms with Crippen LogP contribution in [-0.4, -0.2) is 24.7 Å². The highest BCUT2D eigenvalue weighted by Gasteiger charge is 2.29. The Morgan fingerprint density at radius 1 is 0.903 bits per heavy atom.